The molecule has 1 aromatic carbocycles. The van der Waals surface area contributed by atoms with Crippen LogP contribution in [0.5, 0.6) is 5.75 Å². The molecule has 2 nitrogen and oxygen atoms in total. The van der Waals surface area contributed by atoms with Gasteiger partial charge < -0.3 is 9.47 Å². The first-order valence-electron chi connectivity index (χ1n) is 3.88. The molecule has 1 aliphatic heterocycles. The van der Waals surface area contributed by atoms with Crippen molar-refractivity contribution >= 4 is 15.9 Å². The maximum absolute atomic E-state index is 13.1. The third-order valence-corrected chi connectivity index (χ3v) is 2.90. The molecule has 0 amide bonds. The largest absolute Gasteiger partial charge is 0.464 e. The van der Waals surface area contributed by atoms with Gasteiger partial charge in [0.25, 0.3) is 0 Å². The maximum Gasteiger partial charge on any atom is 0.203 e. The summed E-state index contributed by atoms with van der Waals surface area (Å²) in [6, 6.07) is 3.00. The molecule has 0 fully saturated rings. The number of halogens is 2. The standard InChI is InChI=1S/C9H8BrFO2/c1-12-8-4-5-7(13-8)3-2-6(11)9(5)10/h2-3,8H,4H2,1H3/t8-/m1/s1. The lowest BCUT2D eigenvalue weighted by Gasteiger charge is -2.06. The normalized spacial score (nSPS) is 19.8. The summed E-state index contributed by atoms with van der Waals surface area (Å²) >= 11 is 3.18. The van der Waals surface area contributed by atoms with Crippen LogP contribution in [0.2, 0.25) is 0 Å². The van der Waals surface area contributed by atoms with E-state index in [0.29, 0.717) is 16.6 Å². The Hall–Kier alpha value is -0.610. The minimum Gasteiger partial charge on any atom is -0.464 e. The van der Waals surface area contributed by atoms with E-state index in [1.807, 2.05) is 0 Å². The molecule has 0 bridgehead atoms. The van der Waals surface area contributed by atoms with E-state index in [9.17, 15) is 4.39 Å². The lowest BCUT2D eigenvalue weighted by molar-refractivity contribution is -0.0367. The van der Waals surface area contributed by atoms with Gasteiger partial charge in [-0.1, -0.05) is 0 Å². The zero-order valence-electron chi connectivity index (χ0n) is 7.01. The Kier molecular flexibility index (Phi) is 2.26. The Morgan fingerprint density at radius 2 is 2.38 bits per heavy atom. The highest BCUT2D eigenvalue weighted by Gasteiger charge is 2.25. The van der Waals surface area contributed by atoms with E-state index in [-0.39, 0.29) is 12.1 Å². The molecule has 4 heteroatoms. The van der Waals surface area contributed by atoms with E-state index in [1.165, 1.54) is 6.07 Å². The molecule has 0 radical (unpaired) electrons. The van der Waals surface area contributed by atoms with Gasteiger partial charge in [0.2, 0.25) is 6.29 Å². The molecular formula is C9H8BrFO2. The Morgan fingerprint density at radius 3 is 3.08 bits per heavy atom. The van der Waals surface area contributed by atoms with Crippen molar-refractivity contribution in [3.8, 4) is 5.75 Å². The molecule has 0 N–H and O–H groups in total. The van der Waals surface area contributed by atoms with Gasteiger partial charge in [-0.3, -0.25) is 0 Å². The van der Waals surface area contributed by atoms with Gasteiger partial charge in [-0.2, -0.15) is 0 Å². The van der Waals surface area contributed by atoms with Crippen molar-refractivity contribution in [2.75, 3.05) is 7.11 Å². The topological polar surface area (TPSA) is 18.5 Å². The predicted molar refractivity (Wildman–Crippen MR) is 49.2 cm³/mol. The van der Waals surface area contributed by atoms with E-state index in [1.54, 1.807) is 13.2 Å². The summed E-state index contributed by atoms with van der Waals surface area (Å²) < 4.78 is 23.9. The second-order valence-electron chi connectivity index (χ2n) is 2.83. The van der Waals surface area contributed by atoms with Gasteiger partial charge in [-0.15, -0.1) is 0 Å². The second-order valence-corrected chi connectivity index (χ2v) is 3.62. The number of ether oxygens (including phenoxy) is 2. The van der Waals surface area contributed by atoms with Crippen LogP contribution in [0.1, 0.15) is 5.56 Å². The van der Waals surface area contributed by atoms with Crippen molar-refractivity contribution in [1.82, 2.24) is 0 Å². The minimum absolute atomic E-state index is 0.265. The first kappa shape index (κ1) is 8.97. The molecule has 0 saturated carbocycles. The Balaban J connectivity index is 2.40. The van der Waals surface area contributed by atoms with E-state index in [0.717, 1.165) is 5.56 Å². The number of rotatable bonds is 1. The molecule has 13 heavy (non-hydrogen) atoms. The fourth-order valence-electron chi connectivity index (χ4n) is 1.36. The zero-order valence-corrected chi connectivity index (χ0v) is 8.60. The summed E-state index contributed by atoms with van der Waals surface area (Å²) in [4.78, 5) is 0. The molecule has 70 valence electrons. The predicted octanol–water partition coefficient (Wildman–Crippen LogP) is 2.50. The highest BCUT2D eigenvalue weighted by atomic mass is 79.9. The first-order chi connectivity index (χ1) is 6.22. The van der Waals surface area contributed by atoms with Crippen molar-refractivity contribution in [1.29, 1.82) is 0 Å². The minimum atomic E-state index is -0.284. The van der Waals surface area contributed by atoms with Crippen LogP contribution in [0.4, 0.5) is 4.39 Å². The molecule has 1 atom stereocenters. The van der Waals surface area contributed by atoms with Gasteiger partial charge in [0, 0.05) is 19.1 Å². The van der Waals surface area contributed by atoms with Crippen molar-refractivity contribution in [3.63, 3.8) is 0 Å². The van der Waals surface area contributed by atoms with Gasteiger partial charge in [0.05, 0.1) is 4.47 Å². The lowest BCUT2D eigenvalue weighted by Crippen LogP contribution is -2.14. The number of methoxy groups -OCH3 is 1. The summed E-state index contributed by atoms with van der Waals surface area (Å²) in [5.74, 6) is 0.430. The lowest BCUT2D eigenvalue weighted by atomic mass is 10.1. The second kappa shape index (κ2) is 3.27. The summed E-state index contributed by atoms with van der Waals surface area (Å²) in [6.45, 7) is 0. The molecule has 1 heterocycles. The molecule has 1 aromatic rings. The van der Waals surface area contributed by atoms with Gasteiger partial charge >= 0.3 is 0 Å². The van der Waals surface area contributed by atoms with Crippen LogP contribution in [-0.2, 0) is 11.2 Å². The number of hydrogen-bond donors (Lipinski definition) is 0. The van der Waals surface area contributed by atoms with E-state index in [2.05, 4.69) is 15.9 Å². The van der Waals surface area contributed by atoms with E-state index < -0.39 is 0 Å². The van der Waals surface area contributed by atoms with Crippen molar-refractivity contribution in [2.24, 2.45) is 0 Å². The van der Waals surface area contributed by atoms with Crippen molar-refractivity contribution in [2.45, 2.75) is 12.7 Å². The van der Waals surface area contributed by atoms with Crippen LogP contribution < -0.4 is 4.74 Å². The number of fused-ring (bicyclic) bond motifs is 1. The highest BCUT2D eigenvalue weighted by molar-refractivity contribution is 9.10. The average molecular weight is 247 g/mol. The van der Waals surface area contributed by atoms with Gasteiger partial charge in [0.15, 0.2) is 0 Å². The number of benzene rings is 1. The molecule has 0 aliphatic carbocycles. The molecule has 0 unspecified atom stereocenters. The molecular weight excluding hydrogens is 239 g/mol. The Morgan fingerprint density at radius 1 is 1.62 bits per heavy atom. The van der Waals surface area contributed by atoms with E-state index in [4.69, 9.17) is 9.47 Å². The van der Waals surface area contributed by atoms with Gasteiger partial charge in [-0.05, 0) is 28.1 Å². The maximum atomic E-state index is 13.1. The van der Waals surface area contributed by atoms with Crippen LogP contribution in [-0.4, -0.2) is 13.4 Å². The van der Waals surface area contributed by atoms with Gasteiger partial charge in [0.1, 0.15) is 11.6 Å². The highest BCUT2D eigenvalue weighted by Crippen LogP contribution is 2.36. The fourth-order valence-corrected chi connectivity index (χ4v) is 1.85. The summed E-state index contributed by atoms with van der Waals surface area (Å²) in [5.41, 5.74) is 0.840. The van der Waals surface area contributed by atoms with Crippen LogP contribution in [0.25, 0.3) is 0 Å². The smallest absolute Gasteiger partial charge is 0.203 e. The molecule has 0 spiro atoms. The summed E-state index contributed by atoms with van der Waals surface area (Å²) in [7, 11) is 1.57. The fraction of sp³-hybridized carbons (Fsp3) is 0.333. The summed E-state index contributed by atoms with van der Waals surface area (Å²) in [5, 5.41) is 0. The zero-order chi connectivity index (χ0) is 9.42. The quantitative estimate of drug-likeness (QED) is 0.759. The van der Waals surface area contributed by atoms with Crippen LogP contribution in [0.15, 0.2) is 16.6 Å². The molecule has 1 aliphatic rings. The van der Waals surface area contributed by atoms with E-state index >= 15 is 0 Å². The van der Waals surface area contributed by atoms with Crippen LogP contribution in [0, 0.1) is 5.82 Å². The molecule has 0 aromatic heterocycles. The number of hydrogen-bond acceptors (Lipinski definition) is 2. The van der Waals surface area contributed by atoms with Crippen molar-refractivity contribution < 1.29 is 13.9 Å². The third kappa shape index (κ3) is 1.44. The van der Waals surface area contributed by atoms with Crippen LogP contribution >= 0.6 is 15.9 Å². The van der Waals surface area contributed by atoms with Gasteiger partial charge in [-0.25, -0.2) is 4.39 Å². The Labute approximate surface area is 83.8 Å². The first-order valence-corrected chi connectivity index (χ1v) is 4.68. The SMILES string of the molecule is CO[C@H]1Cc2c(ccc(F)c2Br)O1. The Bertz CT molecular complexity index is 341. The monoisotopic (exact) mass is 246 g/mol. The molecule has 0 saturated heterocycles. The molecule has 2 rings (SSSR count). The van der Waals surface area contributed by atoms with Crippen molar-refractivity contribution in [3.05, 3.63) is 28.0 Å². The van der Waals surface area contributed by atoms with Crippen LogP contribution in [0.3, 0.4) is 0 Å². The third-order valence-electron chi connectivity index (χ3n) is 2.05. The summed E-state index contributed by atoms with van der Waals surface area (Å²) in [6.07, 6.45) is 0.303. The average Bonchev–Trinajstić information content (AvgIpc) is 2.55.